The molecular formula is C25H50OS. The Morgan fingerprint density at radius 1 is 0.630 bits per heavy atom. The maximum atomic E-state index is 5.81. The van der Waals surface area contributed by atoms with Gasteiger partial charge in [0.15, 0.2) is 0 Å². The third kappa shape index (κ3) is 18.1. The molecule has 1 heterocycles. The summed E-state index contributed by atoms with van der Waals surface area (Å²) in [7, 11) is 0. The zero-order valence-corrected chi connectivity index (χ0v) is 19.5. The molecule has 1 nitrogen and oxygen atoms in total. The summed E-state index contributed by atoms with van der Waals surface area (Å²) in [6.45, 7) is 3.31. The molecule has 1 fully saturated rings. The Labute approximate surface area is 176 Å². The van der Waals surface area contributed by atoms with Crippen molar-refractivity contribution in [1.82, 2.24) is 0 Å². The van der Waals surface area contributed by atoms with Gasteiger partial charge in [-0.2, -0.15) is 11.8 Å². The van der Waals surface area contributed by atoms with Crippen molar-refractivity contribution in [3.8, 4) is 0 Å². The van der Waals surface area contributed by atoms with E-state index in [-0.39, 0.29) is 0 Å². The smallest absolute Gasteiger partial charge is 0.0575 e. The second-order valence-electron chi connectivity index (χ2n) is 8.69. The minimum absolute atomic E-state index is 0.599. The molecule has 1 atom stereocenters. The topological polar surface area (TPSA) is 9.23 Å². The van der Waals surface area contributed by atoms with Crippen LogP contribution in [0.2, 0.25) is 0 Å². The highest BCUT2D eigenvalue weighted by Crippen LogP contribution is 2.19. The van der Waals surface area contributed by atoms with Gasteiger partial charge < -0.3 is 4.74 Å². The van der Waals surface area contributed by atoms with Crippen molar-refractivity contribution in [3.05, 3.63) is 0 Å². The molecule has 0 aromatic rings. The van der Waals surface area contributed by atoms with Gasteiger partial charge >= 0.3 is 0 Å². The summed E-state index contributed by atoms with van der Waals surface area (Å²) in [5.41, 5.74) is 0. The van der Waals surface area contributed by atoms with Crippen molar-refractivity contribution < 1.29 is 4.74 Å². The summed E-state index contributed by atoms with van der Waals surface area (Å²) in [5.74, 6) is 2.80. The van der Waals surface area contributed by atoms with Crippen molar-refractivity contribution in [2.45, 2.75) is 141 Å². The second kappa shape index (κ2) is 21.0. The first kappa shape index (κ1) is 25.3. The fourth-order valence-electron chi connectivity index (χ4n) is 4.11. The lowest BCUT2D eigenvalue weighted by Crippen LogP contribution is -2.18. The average molecular weight is 399 g/mol. The van der Waals surface area contributed by atoms with E-state index in [1.807, 2.05) is 0 Å². The fourth-order valence-corrected chi connectivity index (χ4v) is 5.13. The maximum absolute atomic E-state index is 5.81. The monoisotopic (exact) mass is 398 g/mol. The summed E-state index contributed by atoms with van der Waals surface area (Å²) < 4.78 is 5.81. The molecule has 1 aliphatic heterocycles. The predicted molar refractivity (Wildman–Crippen MR) is 125 cm³/mol. The molecule has 0 aliphatic carbocycles. The molecule has 0 aromatic heterocycles. The number of hydrogen-bond donors (Lipinski definition) is 0. The number of rotatable bonds is 20. The Morgan fingerprint density at radius 3 is 1.67 bits per heavy atom. The third-order valence-electron chi connectivity index (χ3n) is 5.98. The van der Waals surface area contributed by atoms with Crippen LogP contribution in [0.15, 0.2) is 0 Å². The van der Waals surface area contributed by atoms with E-state index >= 15 is 0 Å². The number of thioether (sulfide) groups is 1. The van der Waals surface area contributed by atoms with E-state index in [4.69, 9.17) is 4.74 Å². The lowest BCUT2D eigenvalue weighted by atomic mass is 10.0. The van der Waals surface area contributed by atoms with Gasteiger partial charge in [-0.25, -0.2) is 0 Å². The average Bonchev–Trinajstić information content (AvgIpc) is 2.70. The van der Waals surface area contributed by atoms with Crippen LogP contribution in [0.4, 0.5) is 0 Å². The first-order valence-electron chi connectivity index (χ1n) is 12.6. The van der Waals surface area contributed by atoms with Gasteiger partial charge in [0.1, 0.15) is 0 Å². The summed E-state index contributed by atoms with van der Waals surface area (Å²) in [5, 5.41) is 0. The van der Waals surface area contributed by atoms with Crippen molar-refractivity contribution in [3.63, 3.8) is 0 Å². The van der Waals surface area contributed by atoms with Crippen LogP contribution in [0, 0.1) is 0 Å². The van der Waals surface area contributed by atoms with Crippen LogP contribution in [0.5, 0.6) is 0 Å². The van der Waals surface area contributed by atoms with Gasteiger partial charge in [0.2, 0.25) is 0 Å². The Morgan fingerprint density at radius 2 is 1.15 bits per heavy atom. The van der Waals surface area contributed by atoms with Gasteiger partial charge in [0.25, 0.3) is 0 Å². The molecule has 0 saturated carbocycles. The molecular weight excluding hydrogens is 348 g/mol. The summed E-state index contributed by atoms with van der Waals surface area (Å²) >= 11 is 2.20. The van der Waals surface area contributed by atoms with Gasteiger partial charge in [-0.3, -0.25) is 0 Å². The van der Waals surface area contributed by atoms with Crippen LogP contribution in [-0.2, 0) is 4.74 Å². The molecule has 1 saturated heterocycles. The van der Waals surface area contributed by atoms with Gasteiger partial charge in [0, 0.05) is 6.61 Å². The Kier molecular flexibility index (Phi) is 19.7. The van der Waals surface area contributed by atoms with Crippen LogP contribution < -0.4 is 0 Å². The number of unbranched alkanes of at least 4 members (excludes halogenated alkanes) is 14. The molecule has 0 amide bonds. The standard InChI is InChI=1S/C25H50OS/c1-2-3-4-5-10-13-18-23-27-24-19-14-11-8-6-7-9-12-15-20-25-21-16-17-22-26-25/h25H,2-24H2,1H3. The van der Waals surface area contributed by atoms with E-state index in [0.29, 0.717) is 6.10 Å². The van der Waals surface area contributed by atoms with E-state index in [1.165, 1.54) is 140 Å². The van der Waals surface area contributed by atoms with E-state index in [2.05, 4.69) is 18.7 Å². The van der Waals surface area contributed by atoms with Crippen molar-refractivity contribution in [1.29, 1.82) is 0 Å². The van der Waals surface area contributed by atoms with Crippen LogP contribution >= 0.6 is 11.8 Å². The molecule has 0 radical (unpaired) electrons. The molecule has 1 rings (SSSR count). The highest BCUT2D eigenvalue weighted by atomic mass is 32.2. The molecule has 0 N–H and O–H groups in total. The van der Waals surface area contributed by atoms with Crippen LogP contribution in [0.3, 0.4) is 0 Å². The van der Waals surface area contributed by atoms with Crippen molar-refractivity contribution in [2.75, 3.05) is 18.1 Å². The Balaban J connectivity index is 1.64. The van der Waals surface area contributed by atoms with Gasteiger partial charge in [0.05, 0.1) is 6.10 Å². The third-order valence-corrected chi connectivity index (χ3v) is 7.14. The minimum Gasteiger partial charge on any atom is -0.378 e. The number of ether oxygens (including phenoxy) is 1. The number of hydrogen-bond acceptors (Lipinski definition) is 2. The second-order valence-corrected chi connectivity index (χ2v) is 9.92. The zero-order valence-electron chi connectivity index (χ0n) is 18.7. The molecule has 0 bridgehead atoms. The molecule has 162 valence electrons. The largest absolute Gasteiger partial charge is 0.378 e. The first-order valence-corrected chi connectivity index (χ1v) is 13.8. The van der Waals surface area contributed by atoms with Gasteiger partial charge in [-0.05, 0) is 50.0 Å². The van der Waals surface area contributed by atoms with Crippen molar-refractivity contribution in [2.24, 2.45) is 0 Å². The fraction of sp³-hybridized carbons (Fsp3) is 1.00. The van der Waals surface area contributed by atoms with E-state index in [1.54, 1.807) is 0 Å². The minimum atomic E-state index is 0.599. The summed E-state index contributed by atoms with van der Waals surface area (Å²) in [6, 6.07) is 0. The van der Waals surface area contributed by atoms with Gasteiger partial charge in [-0.1, -0.05) is 96.8 Å². The Bertz CT molecular complexity index is 275. The Hall–Kier alpha value is 0.310. The first-order chi connectivity index (χ1) is 13.4. The summed E-state index contributed by atoms with van der Waals surface area (Å²) in [4.78, 5) is 0. The molecule has 27 heavy (non-hydrogen) atoms. The molecule has 0 spiro atoms. The van der Waals surface area contributed by atoms with Crippen LogP contribution in [0.25, 0.3) is 0 Å². The van der Waals surface area contributed by atoms with E-state index < -0.39 is 0 Å². The highest BCUT2D eigenvalue weighted by Gasteiger charge is 2.12. The quantitative estimate of drug-likeness (QED) is 0.189. The SMILES string of the molecule is CCCCCCCCCSCCCCCCCCCCCC1CCCCO1. The van der Waals surface area contributed by atoms with Crippen molar-refractivity contribution >= 4 is 11.8 Å². The van der Waals surface area contributed by atoms with E-state index in [0.717, 1.165) is 6.61 Å². The molecule has 1 unspecified atom stereocenters. The van der Waals surface area contributed by atoms with E-state index in [9.17, 15) is 0 Å². The van der Waals surface area contributed by atoms with Crippen LogP contribution in [0.1, 0.15) is 135 Å². The van der Waals surface area contributed by atoms with Crippen LogP contribution in [-0.4, -0.2) is 24.2 Å². The highest BCUT2D eigenvalue weighted by molar-refractivity contribution is 7.99. The molecule has 0 aromatic carbocycles. The van der Waals surface area contributed by atoms with Gasteiger partial charge in [-0.15, -0.1) is 0 Å². The maximum Gasteiger partial charge on any atom is 0.0575 e. The zero-order chi connectivity index (χ0) is 19.3. The molecule has 1 aliphatic rings. The molecule has 2 heteroatoms. The lowest BCUT2D eigenvalue weighted by molar-refractivity contribution is 0.00977. The normalized spacial score (nSPS) is 17.4. The lowest BCUT2D eigenvalue weighted by Gasteiger charge is -2.22. The summed E-state index contributed by atoms with van der Waals surface area (Å²) in [6.07, 6.45) is 29.0. The predicted octanol–water partition coefficient (Wildman–Crippen LogP) is 8.94.